The van der Waals surface area contributed by atoms with Gasteiger partial charge in [-0.25, -0.2) is 4.79 Å². The number of urea groups is 1. The molecule has 0 spiro atoms. The summed E-state index contributed by atoms with van der Waals surface area (Å²) in [5, 5.41) is 15.4. The van der Waals surface area contributed by atoms with E-state index in [-0.39, 0.29) is 30.8 Å². The van der Waals surface area contributed by atoms with Gasteiger partial charge in [-0.3, -0.25) is 0 Å². The predicted octanol–water partition coefficient (Wildman–Crippen LogP) is 8.43. The van der Waals surface area contributed by atoms with Crippen molar-refractivity contribution in [2.45, 2.75) is 50.0 Å². The van der Waals surface area contributed by atoms with E-state index in [0.29, 0.717) is 13.1 Å². The number of ether oxygens (including phenoxy) is 2. The number of aliphatic hydroxyl groups excluding tert-OH is 1. The highest BCUT2D eigenvalue weighted by molar-refractivity contribution is 7.99. The lowest BCUT2D eigenvalue weighted by molar-refractivity contribution is -0.268. The first-order valence-electron chi connectivity index (χ1n) is 16.0. The molecule has 1 heterocycles. The van der Waals surface area contributed by atoms with Crippen LogP contribution in [0.5, 0.6) is 0 Å². The molecule has 0 radical (unpaired) electrons. The first-order chi connectivity index (χ1) is 23.1. The highest BCUT2D eigenvalue weighted by Crippen LogP contribution is 2.43. The van der Waals surface area contributed by atoms with Crippen molar-refractivity contribution in [3.05, 3.63) is 161 Å². The highest BCUT2D eigenvalue weighted by atomic mass is 32.2. The molecule has 1 aliphatic heterocycles. The van der Waals surface area contributed by atoms with Gasteiger partial charge in [0.1, 0.15) is 0 Å². The van der Waals surface area contributed by atoms with E-state index >= 15 is 0 Å². The molecule has 4 atom stereocenters. The van der Waals surface area contributed by atoms with Crippen molar-refractivity contribution in [3.8, 4) is 11.1 Å². The van der Waals surface area contributed by atoms with Crippen molar-refractivity contribution in [2.75, 3.05) is 5.75 Å². The molecule has 6 nitrogen and oxygen atoms in total. The van der Waals surface area contributed by atoms with Crippen molar-refractivity contribution >= 4 is 17.8 Å². The van der Waals surface area contributed by atoms with Gasteiger partial charge in [-0.1, -0.05) is 122 Å². The number of hydrogen-bond acceptors (Lipinski definition) is 5. The topological polar surface area (TPSA) is 79.8 Å². The monoisotopic (exact) mass is 644 g/mol. The Kier molecular flexibility index (Phi) is 11.0. The number of carbonyl (C=O) groups is 1. The lowest BCUT2D eigenvalue weighted by Crippen LogP contribution is -2.38. The number of nitrogens with one attached hydrogen (secondary N) is 2. The lowest BCUT2D eigenvalue weighted by Gasteiger charge is -2.41. The minimum absolute atomic E-state index is 0.0132. The molecule has 0 saturated carbocycles. The third-order valence-electron chi connectivity index (χ3n) is 8.47. The summed E-state index contributed by atoms with van der Waals surface area (Å²) in [6.07, 6.45) is -0.707. The molecule has 47 heavy (non-hydrogen) atoms. The zero-order chi connectivity index (χ0) is 32.4. The maximum atomic E-state index is 12.4. The Hall–Kier alpha value is -4.40. The number of hydrogen-bond donors (Lipinski definition) is 3. The average molecular weight is 645 g/mol. The summed E-state index contributed by atoms with van der Waals surface area (Å²) in [5.41, 5.74) is 7.12. The minimum Gasteiger partial charge on any atom is -0.392 e. The second-order valence-corrected chi connectivity index (χ2v) is 12.9. The Morgan fingerprint density at radius 1 is 0.681 bits per heavy atom. The molecular weight excluding hydrogens is 605 g/mol. The Morgan fingerprint density at radius 3 is 2.02 bits per heavy atom. The molecule has 0 aromatic heterocycles. The van der Waals surface area contributed by atoms with Crippen LogP contribution in [-0.4, -0.2) is 23.0 Å². The van der Waals surface area contributed by atoms with Gasteiger partial charge in [-0.05, 0) is 51.6 Å². The fourth-order valence-corrected chi connectivity index (χ4v) is 6.81. The molecule has 2 amide bonds. The third-order valence-corrected chi connectivity index (χ3v) is 9.57. The van der Waals surface area contributed by atoms with Crippen LogP contribution in [0.25, 0.3) is 11.1 Å². The molecule has 3 N–H and O–H groups in total. The van der Waals surface area contributed by atoms with Crippen LogP contribution in [-0.2, 0) is 29.2 Å². The first-order valence-corrected chi connectivity index (χ1v) is 17.0. The van der Waals surface area contributed by atoms with Gasteiger partial charge in [-0.15, -0.1) is 11.8 Å². The number of aliphatic hydroxyl groups is 1. The van der Waals surface area contributed by atoms with Gasteiger partial charge in [0, 0.05) is 35.2 Å². The summed E-state index contributed by atoms with van der Waals surface area (Å²) in [7, 11) is 0. The molecule has 6 rings (SSSR count). The third kappa shape index (κ3) is 8.70. The van der Waals surface area contributed by atoms with Crippen LogP contribution in [0, 0.1) is 5.92 Å². The Balaban J connectivity index is 1.13. The molecule has 5 aromatic rings. The number of carbonyl (C=O) groups excluding carboxylic acids is 1. The van der Waals surface area contributed by atoms with E-state index in [2.05, 4.69) is 78.2 Å². The van der Waals surface area contributed by atoms with Gasteiger partial charge in [0.15, 0.2) is 6.29 Å². The van der Waals surface area contributed by atoms with E-state index < -0.39 is 6.29 Å². The largest absolute Gasteiger partial charge is 0.392 e. The SMILES string of the molecule is CC1C(CSc2ccccc2)OC(c2ccc(-c3cccc(CNC(=O)NCc4ccccc4)c3)cc2)OC1c1ccc(CO)cc1. The molecule has 0 bridgehead atoms. The number of thioether (sulfide) groups is 1. The van der Waals surface area contributed by atoms with Gasteiger partial charge < -0.3 is 25.2 Å². The lowest BCUT2D eigenvalue weighted by atomic mass is 9.91. The zero-order valence-corrected chi connectivity index (χ0v) is 27.2. The molecular formula is C40H40N2O4S. The Labute approximate surface area is 281 Å². The van der Waals surface area contributed by atoms with Crippen LogP contribution in [0.15, 0.2) is 138 Å². The predicted molar refractivity (Wildman–Crippen MR) is 188 cm³/mol. The van der Waals surface area contributed by atoms with Crippen LogP contribution in [0.4, 0.5) is 4.79 Å². The van der Waals surface area contributed by atoms with E-state index in [4.69, 9.17) is 9.47 Å². The highest BCUT2D eigenvalue weighted by Gasteiger charge is 2.38. The second-order valence-electron chi connectivity index (χ2n) is 11.8. The number of rotatable bonds is 11. The summed E-state index contributed by atoms with van der Waals surface area (Å²) in [6.45, 7) is 3.11. The summed E-state index contributed by atoms with van der Waals surface area (Å²) >= 11 is 1.80. The average Bonchev–Trinajstić information content (AvgIpc) is 3.14. The van der Waals surface area contributed by atoms with Gasteiger partial charge in [0.05, 0.1) is 18.8 Å². The standard InChI is InChI=1S/C40H40N2O4S/c1-28-37(27-47-36-13-6-3-7-14-36)45-39(46-38(28)33-17-15-30(26-43)16-18-33)34-21-19-32(20-22-34)35-12-8-11-31(23-35)25-42-40(44)41-24-29-9-4-2-5-10-29/h2-23,28,37-39,43H,24-27H2,1H3,(H2,41,42,44). The maximum Gasteiger partial charge on any atom is 0.315 e. The summed E-state index contributed by atoms with van der Waals surface area (Å²) in [4.78, 5) is 13.6. The number of amides is 2. The molecule has 240 valence electrons. The summed E-state index contributed by atoms with van der Waals surface area (Å²) in [6, 6.07) is 44.6. The molecule has 4 unspecified atom stereocenters. The van der Waals surface area contributed by atoms with Gasteiger partial charge >= 0.3 is 6.03 Å². The van der Waals surface area contributed by atoms with Crippen molar-refractivity contribution in [2.24, 2.45) is 5.92 Å². The maximum absolute atomic E-state index is 12.4. The molecule has 1 aliphatic rings. The van der Waals surface area contributed by atoms with Gasteiger partial charge in [0.2, 0.25) is 0 Å². The van der Waals surface area contributed by atoms with E-state index in [0.717, 1.165) is 44.7 Å². The molecule has 1 saturated heterocycles. The Bertz CT molecular complexity index is 1720. The molecule has 0 aliphatic carbocycles. The molecule has 7 heteroatoms. The zero-order valence-electron chi connectivity index (χ0n) is 26.4. The Morgan fingerprint density at radius 2 is 1.32 bits per heavy atom. The summed E-state index contributed by atoms with van der Waals surface area (Å²) in [5.74, 6) is 0.929. The normalized spacial score (nSPS) is 19.2. The van der Waals surface area contributed by atoms with Gasteiger partial charge in [0.25, 0.3) is 0 Å². The second kappa shape index (κ2) is 15.9. The van der Waals surface area contributed by atoms with Crippen LogP contribution in [0.2, 0.25) is 0 Å². The smallest absolute Gasteiger partial charge is 0.315 e. The number of benzene rings is 5. The van der Waals surface area contributed by atoms with E-state index in [1.807, 2.05) is 72.8 Å². The quantitative estimate of drug-likeness (QED) is 0.126. The van der Waals surface area contributed by atoms with Crippen LogP contribution < -0.4 is 10.6 Å². The molecule has 1 fully saturated rings. The first kappa shape index (κ1) is 32.5. The van der Waals surface area contributed by atoms with E-state index in [1.165, 1.54) is 4.90 Å². The van der Waals surface area contributed by atoms with E-state index in [1.54, 1.807) is 11.8 Å². The van der Waals surface area contributed by atoms with Crippen LogP contribution in [0.3, 0.4) is 0 Å². The minimum atomic E-state index is -0.519. The van der Waals surface area contributed by atoms with Crippen LogP contribution >= 0.6 is 11.8 Å². The van der Waals surface area contributed by atoms with Crippen molar-refractivity contribution in [1.29, 1.82) is 0 Å². The van der Waals surface area contributed by atoms with Gasteiger partial charge in [-0.2, -0.15) is 0 Å². The van der Waals surface area contributed by atoms with E-state index in [9.17, 15) is 9.90 Å². The van der Waals surface area contributed by atoms with Crippen LogP contribution in [0.1, 0.15) is 47.1 Å². The fraction of sp³-hybridized carbons (Fsp3) is 0.225. The summed E-state index contributed by atoms with van der Waals surface area (Å²) < 4.78 is 13.3. The van der Waals surface area contributed by atoms with Crippen molar-refractivity contribution < 1.29 is 19.4 Å². The molecule has 5 aromatic carbocycles. The fourth-order valence-electron chi connectivity index (χ4n) is 5.72. The van der Waals surface area contributed by atoms with Crippen molar-refractivity contribution in [1.82, 2.24) is 10.6 Å². The van der Waals surface area contributed by atoms with Crippen molar-refractivity contribution in [3.63, 3.8) is 0 Å².